The van der Waals surface area contributed by atoms with Crippen LogP contribution in [0.4, 0.5) is 17.1 Å². The van der Waals surface area contributed by atoms with E-state index >= 15 is 0 Å². The van der Waals surface area contributed by atoms with Gasteiger partial charge in [-0.15, -0.1) is 0 Å². The molecule has 2 fully saturated rings. The van der Waals surface area contributed by atoms with Gasteiger partial charge in [0.25, 0.3) is 21.6 Å². The summed E-state index contributed by atoms with van der Waals surface area (Å²) in [5.41, 5.74) is 5.11. The van der Waals surface area contributed by atoms with Crippen LogP contribution in [0, 0.1) is 21.4 Å². The highest BCUT2D eigenvalue weighted by molar-refractivity contribution is 7.90. The molecule has 20 heteroatoms. The van der Waals surface area contributed by atoms with Crippen molar-refractivity contribution >= 4 is 71.2 Å². The van der Waals surface area contributed by atoms with Gasteiger partial charge in [0, 0.05) is 86.3 Å². The summed E-state index contributed by atoms with van der Waals surface area (Å²) in [5.74, 6) is -0.479. The fourth-order valence-corrected chi connectivity index (χ4v) is 11.8. The molecule has 3 N–H and O–H groups in total. The zero-order valence-electron chi connectivity index (χ0n) is 38.2. The molecule has 1 aliphatic carbocycles. The average Bonchev–Trinajstić information content (AvgIpc) is 3.77. The number of aromatic nitrogens is 2. The lowest BCUT2D eigenvalue weighted by Crippen LogP contribution is -2.47. The maximum Gasteiger partial charge on any atom is 0.297 e. The SMILES string of the molecule is CC1(C)CCC(CN2CCN(c3ccc(C(=O)NS(=O)(=O)c4cc5c(c([N+](=O)[O-])c4)N[C@@H](CC4CCN(S(C)(=O)=O)CC4)CO5)c(Oc4cnc5[nH]ccc5c4)c3)CC2)=C(c2ccc(Cl)cc2)C1. The van der Waals surface area contributed by atoms with Gasteiger partial charge in [-0.2, -0.15) is 0 Å². The molecule has 0 saturated carbocycles. The molecule has 4 aliphatic rings. The lowest BCUT2D eigenvalue weighted by Gasteiger charge is -2.39. The largest absolute Gasteiger partial charge is 0.489 e. The Kier molecular flexibility index (Phi) is 13.2. The van der Waals surface area contributed by atoms with Gasteiger partial charge in [0.1, 0.15) is 23.8 Å². The summed E-state index contributed by atoms with van der Waals surface area (Å²) in [6, 6.07) is 18.5. The van der Waals surface area contributed by atoms with E-state index in [9.17, 15) is 31.7 Å². The van der Waals surface area contributed by atoms with E-state index in [1.807, 2.05) is 18.2 Å². The number of allylic oxidation sites excluding steroid dienone is 1. The number of fused-ring (bicyclic) bond motifs is 2. The maximum atomic E-state index is 14.1. The summed E-state index contributed by atoms with van der Waals surface area (Å²) in [6.45, 7) is 9.39. The highest BCUT2D eigenvalue weighted by Crippen LogP contribution is 2.44. The predicted octanol–water partition coefficient (Wildman–Crippen LogP) is 8.06. The third-order valence-corrected chi connectivity index (χ3v) is 16.4. The number of nitro benzene ring substituents is 1. The molecular weight excluding hydrogens is 932 g/mol. The van der Waals surface area contributed by atoms with Gasteiger partial charge in [-0.25, -0.2) is 30.8 Å². The Balaban J connectivity index is 0.919. The number of nitrogens with zero attached hydrogens (tertiary/aromatic N) is 5. The molecular formula is C48H55ClN8O9S2. The number of nitro groups is 1. The van der Waals surface area contributed by atoms with E-state index in [0.717, 1.165) is 67.1 Å². The fraction of sp³-hybridized carbons (Fsp3) is 0.417. The normalized spacial score (nSPS) is 19.5. The number of hydrogen-bond acceptors (Lipinski definition) is 13. The van der Waals surface area contributed by atoms with Crippen molar-refractivity contribution in [2.75, 3.05) is 68.9 Å². The first-order valence-electron chi connectivity index (χ1n) is 22.8. The molecule has 3 aromatic carbocycles. The minimum Gasteiger partial charge on any atom is -0.489 e. The number of piperidine rings is 1. The van der Waals surface area contributed by atoms with Gasteiger partial charge < -0.3 is 24.7 Å². The van der Waals surface area contributed by atoms with Gasteiger partial charge in [0.15, 0.2) is 11.4 Å². The van der Waals surface area contributed by atoms with Crippen molar-refractivity contribution in [2.45, 2.75) is 63.3 Å². The number of rotatable bonds is 13. The Morgan fingerprint density at radius 1 is 1.00 bits per heavy atom. The summed E-state index contributed by atoms with van der Waals surface area (Å²) in [5, 5.41) is 17.1. The van der Waals surface area contributed by atoms with E-state index in [0.29, 0.717) is 56.8 Å². The Labute approximate surface area is 401 Å². The quantitative estimate of drug-likeness (QED) is 0.0754. The summed E-state index contributed by atoms with van der Waals surface area (Å²) < 4.78 is 67.7. The zero-order chi connectivity index (χ0) is 48.0. The van der Waals surface area contributed by atoms with E-state index < -0.39 is 41.5 Å². The fourth-order valence-electron chi connectivity index (χ4n) is 9.79. The van der Waals surface area contributed by atoms with Gasteiger partial charge in [0.2, 0.25) is 10.0 Å². The molecule has 9 rings (SSSR count). The lowest BCUT2D eigenvalue weighted by atomic mass is 9.72. The number of carbonyl (C=O) groups excluding carboxylic acids is 1. The molecule has 1 amide bonds. The van der Waals surface area contributed by atoms with Gasteiger partial charge in [0.05, 0.1) is 33.9 Å². The number of carbonyl (C=O) groups is 1. The molecule has 360 valence electrons. The van der Waals surface area contributed by atoms with E-state index in [2.05, 4.69) is 55.8 Å². The Morgan fingerprint density at radius 2 is 1.75 bits per heavy atom. The van der Waals surface area contributed by atoms with E-state index in [1.54, 1.807) is 24.4 Å². The van der Waals surface area contributed by atoms with Crippen molar-refractivity contribution < 1.29 is 36.0 Å². The van der Waals surface area contributed by atoms with Gasteiger partial charge >= 0.3 is 0 Å². The number of benzene rings is 3. The number of hydrogen-bond donors (Lipinski definition) is 3. The van der Waals surface area contributed by atoms with Crippen LogP contribution in [0.25, 0.3) is 16.6 Å². The molecule has 0 radical (unpaired) electrons. The highest BCUT2D eigenvalue weighted by Gasteiger charge is 2.35. The number of nitrogens with one attached hydrogen (secondary N) is 3. The Hall–Kier alpha value is -5.73. The van der Waals surface area contributed by atoms with E-state index in [4.69, 9.17) is 21.1 Å². The lowest BCUT2D eigenvalue weighted by molar-refractivity contribution is -0.384. The zero-order valence-corrected chi connectivity index (χ0v) is 40.6. The van der Waals surface area contributed by atoms with Crippen molar-refractivity contribution in [3.8, 4) is 17.2 Å². The molecule has 17 nitrogen and oxygen atoms in total. The second-order valence-corrected chi connectivity index (χ2v) is 23.2. The molecule has 0 unspecified atom stereocenters. The Morgan fingerprint density at radius 3 is 2.47 bits per heavy atom. The number of sulfonamides is 2. The highest BCUT2D eigenvalue weighted by atomic mass is 35.5. The summed E-state index contributed by atoms with van der Waals surface area (Å²) in [6.07, 6.45) is 9.43. The van der Waals surface area contributed by atoms with Crippen LogP contribution in [0.3, 0.4) is 0 Å². The van der Waals surface area contributed by atoms with Crippen LogP contribution in [0.2, 0.25) is 5.02 Å². The van der Waals surface area contributed by atoms with Crippen LogP contribution in [0.15, 0.2) is 89.6 Å². The van der Waals surface area contributed by atoms with Crippen LogP contribution < -0.4 is 24.4 Å². The smallest absolute Gasteiger partial charge is 0.297 e. The third kappa shape index (κ3) is 10.6. The van der Waals surface area contributed by atoms with Gasteiger partial charge in [-0.1, -0.05) is 43.2 Å². The van der Waals surface area contributed by atoms with Crippen molar-refractivity contribution in [1.82, 2.24) is 23.9 Å². The molecule has 68 heavy (non-hydrogen) atoms. The molecule has 1 atom stereocenters. The number of amides is 1. The molecule has 2 aromatic heterocycles. The van der Waals surface area contributed by atoms with Crippen molar-refractivity contribution in [3.05, 3.63) is 111 Å². The molecule has 5 aromatic rings. The topological polar surface area (TPSA) is 209 Å². The van der Waals surface area contributed by atoms with Crippen LogP contribution in [0.5, 0.6) is 17.2 Å². The summed E-state index contributed by atoms with van der Waals surface area (Å²) >= 11 is 6.25. The number of pyridine rings is 1. The molecule has 0 spiro atoms. The number of H-pyrrole nitrogens is 1. The average molecular weight is 988 g/mol. The van der Waals surface area contributed by atoms with Crippen LogP contribution in [-0.4, -0.2) is 112 Å². The van der Waals surface area contributed by atoms with Gasteiger partial charge in [-0.05, 0) is 97.4 Å². The summed E-state index contributed by atoms with van der Waals surface area (Å²) in [4.78, 5) is 37.4. The minimum absolute atomic E-state index is 0.0306. The van der Waals surface area contributed by atoms with Crippen LogP contribution in [-0.2, 0) is 20.0 Å². The first kappa shape index (κ1) is 47.3. The van der Waals surface area contributed by atoms with Crippen LogP contribution >= 0.6 is 11.6 Å². The number of halogens is 1. The number of ether oxygens (including phenoxy) is 2. The third-order valence-electron chi connectivity index (χ3n) is 13.6. The predicted molar refractivity (Wildman–Crippen MR) is 262 cm³/mol. The second kappa shape index (κ2) is 19.0. The van der Waals surface area contributed by atoms with E-state index in [-0.39, 0.29) is 46.7 Å². The van der Waals surface area contributed by atoms with Gasteiger partial charge in [-0.3, -0.25) is 19.8 Å². The number of aromatic amines is 1. The van der Waals surface area contributed by atoms with Crippen LogP contribution in [0.1, 0.15) is 68.3 Å². The van der Waals surface area contributed by atoms with Crippen molar-refractivity contribution in [1.29, 1.82) is 0 Å². The second-order valence-electron chi connectivity index (χ2n) is 19.1. The molecule has 5 heterocycles. The minimum atomic E-state index is -4.70. The number of piperazine rings is 1. The molecule has 0 bridgehead atoms. The number of anilines is 2. The molecule has 2 saturated heterocycles. The molecule has 3 aliphatic heterocycles. The first-order valence-corrected chi connectivity index (χ1v) is 26.5. The standard InChI is InChI=1S/C48H55ClN8O9S2/c1-48(2)14-10-34(41(27-48)32-4-6-35(49)7-5-32)29-54-18-20-55(21-19-54)37-8-9-40(43(24-37)66-38-23-33-11-15-50-46(33)51-28-38)47(58)53-68(63,64)39-25-42(57(59)60)45-44(26-39)65-30-36(52-45)22-31-12-16-56(17-13-31)67(3,61)62/h4-9,11,15,23-26,28,31,36,52H,10,12-14,16-22,27,29-30H2,1-3H3,(H,50,51)(H,53,58)/t36-/m0/s1. The van der Waals surface area contributed by atoms with Crippen molar-refractivity contribution in [2.24, 2.45) is 11.3 Å². The maximum absolute atomic E-state index is 14.1. The Bertz CT molecular complexity index is 3000. The monoisotopic (exact) mass is 986 g/mol. The van der Waals surface area contributed by atoms with E-state index in [1.165, 1.54) is 39.5 Å². The first-order chi connectivity index (χ1) is 32.4. The van der Waals surface area contributed by atoms with Crippen molar-refractivity contribution in [3.63, 3.8) is 0 Å². The summed E-state index contributed by atoms with van der Waals surface area (Å²) in [7, 11) is -8.00.